The molecular formula is C10H6Cl4N4S. The highest BCUT2D eigenvalue weighted by Crippen LogP contribution is 2.37. The second-order valence-electron chi connectivity index (χ2n) is 3.35. The lowest BCUT2D eigenvalue weighted by molar-refractivity contribution is 0.835. The van der Waals surface area contributed by atoms with Crippen LogP contribution in [0.4, 0.5) is 5.95 Å². The molecule has 2 rings (SSSR count). The molecule has 0 amide bonds. The number of nitrogens with two attached hydrogens (primary N) is 1. The van der Waals surface area contributed by atoms with Gasteiger partial charge in [-0.05, 0) is 36.0 Å². The molecule has 4 nitrogen and oxygen atoms in total. The van der Waals surface area contributed by atoms with E-state index in [0.717, 1.165) is 4.90 Å². The third-order valence-electron chi connectivity index (χ3n) is 1.91. The van der Waals surface area contributed by atoms with Crippen molar-refractivity contribution in [2.24, 2.45) is 0 Å². The van der Waals surface area contributed by atoms with Gasteiger partial charge in [0.25, 0.3) is 0 Å². The standard InChI is InChI=1S/C10H6Cl4N4S/c11-5-1-3-6(4-2-5)19-9-17-7(10(12,13)14)16-8(15)18-9/h1-4H,(H2,15,16,17,18). The van der Waals surface area contributed by atoms with Crippen LogP contribution >= 0.6 is 58.2 Å². The fourth-order valence-electron chi connectivity index (χ4n) is 1.15. The molecule has 0 saturated heterocycles. The summed E-state index contributed by atoms with van der Waals surface area (Å²) in [5, 5.41) is 0.984. The van der Waals surface area contributed by atoms with E-state index in [0.29, 0.717) is 10.2 Å². The molecule has 1 aromatic heterocycles. The van der Waals surface area contributed by atoms with Crippen LogP contribution in [0.1, 0.15) is 5.82 Å². The molecule has 0 unspecified atom stereocenters. The number of nitrogens with zero attached hydrogens (tertiary/aromatic N) is 3. The molecular weight excluding hydrogens is 350 g/mol. The monoisotopic (exact) mass is 354 g/mol. The van der Waals surface area contributed by atoms with Crippen LogP contribution in [0.3, 0.4) is 0 Å². The number of benzene rings is 1. The lowest BCUT2D eigenvalue weighted by Gasteiger charge is -2.10. The molecule has 0 spiro atoms. The van der Waals surface area contributed by atoms with Crippen LogP contribution in [-0.2, 0) is 3.79 Å². The summed E-state index contributed by atoms with van der Waals surface area (Å²) in [5.74, 6) is -0.0192. The summed E-state index contributed by atoms with van der Waals surface area (Å²) in [7, 11) is 0. The average molecular weight is 356 g/mol. The van der Waals surface area contributed by atoms with Gasteiger partial charge >= 0.3 is 0 Å². The minimum absolute atomic E-state index is 0.00668. The Morgan fingerprint density at radius 1 is 1.00 bits per heavy atom. The van der Waals surface area contributed by atoms with Gasteiger partial charge in [-0.2, -0.15) is 9.97 Å². The van der Waals surface area contributed by atoms with E-state index in [-0.39, 0.29) is 11.8 Å². The van der Waals surface area contributed by atoms with Gasteiger partial charge < -0.3 is 5.73 Å². The lowest BCUT2D eigenvalue weighted by atomic mass is 10.4. The smallest absolute Gasteiger partial charge is 0.250 e. The zero-order chi connectivity index (χ0) is 14.0. The molecule has 0 bridgehead atoms. The van der Waals surface area contributed by atoms with Crippen LogP contribution in [-0.4, -0.2) is 15.0 Å². The van der Waals surface area contributed by atoms with E-state index in [4.69, 9.17) is 52.1 Å². The first-order valence-corrected chi connectivity index (χ1v) is 7.19. The highest BCUT2D eigenvalue weighted by atomic mass is 35.6. The van der Waals surface area contributed by atoms with Crippen molar-refractivity contribution in [3.63, 3.8) is 0 Å². The SMILES string of the molecule is Nc1nc(Sc2ccc(Cl)cc2)nc(C(Cl)(Cl)Cl)n1. The molecule has 0 atom stereocenters. The van der Waals surface area contributed by atoms with Gasteiger partial charge in [0.15, 0.2) is 11.0 Å². The second kappa shape index (κ2) is 5.89. The Labute approximate surface area is 133 Å². The fourth-order valence-corrected chi connectivity index (χ4v) is 2.29. The summed E-state index contributed by atoms with van der Waals surface area (Å²) < 4.78 is -1.74. The van der Waals surface area contributed by atoms with E-state index in [2.05, 4.69) is 15.0 Å². The first-order valence-electron chi connectivity index (χ1n) is 4.87. The Hall–Kier alpha value is -0.460. The Morgan fingerprint density at radius 2 is 1.63 bits per heavy atom. The maximum Gasteiger partial charge on any atom is 0.250 e. The van der Waals surface area contributed by atoms with Crippen molar-refractivity contribution in [3.05, 3.63) is 35.1 Å². The molecule has 100 valence electrons. The summed E-state index contributed by atoms with van der Waals surface area (Å²) >= 11 is 24.2. The Kier molecular flexibility index (Phi) is 4.63. The van der Waals surface area contributed by atoms with Gasteiger partial charge in [-0.1, -0.05) is 46.4 Å². The van der Waals surface area contributed by atoms with Crippen molar-refractivity contribution in [1.82, 2.24) is 15.0 Å². The number of aromatic nitrogens is 3. The minimum Gasteiger partial charge on any atom is -0.368 e. The van der Waals surface area contributed by atoms with Crippen LogP contribution in [0, 0.1) is 0 Å². The van der Waals surface area contributed by atoms with Crippen molar-refractivity contribution < 1.29 is 0 Å². The van der Waals surface area contributed by atoms with Crippen molar-refractivity contribution in [2.75, 3.05) is 5.73 Å². The van der Waals surface area contributed by atoms with Crippen LogP contribution in [0.2, 0.25) is 5.02 Å². The fraction of sp³-hybridized carbons (Fsp3) is 0.100. The Morgan fingerprint density at radius 3 is 2.21 bits per heavy atom. The third kappa shape index (κ3) is 4.26. The number of anilines is 1. The van der Waals surface area contributed by atoms with Crippen LogP contribution in [0.25, 0.3) is 0 Å². The van der Waals surface area contributed by atoms with Crippen molar-refractivity contribution in [1.29, 1.82) is 0 Å². The zero-order valence-electron chi connectivity index (χ0n) is 9.15. The number of rotatable bonds is 2. The Bertz CT molecular complexity index is 585. The molecule has 2 aromatic rings. The molecule has 2 N–H and O–H groups in total. The van der Waals surface area contributed by atoms with Gasteiger partial charge in [0.2, 0.25) is 9.74 Å². The molecule has 0 aliphatic heterocycles. The van der Waals surface area contributed by atoms with Gasteiger partial charge in [-0.25, -0.2) is 4.98 Å². The summed E-state index contributed by atoms with van der Waals surface area (Å²) in [4.78, 5) is 12.7. The third-order valence-corrected chi connectivity index (χ3v) is 3.54. The van der Waals surface area contributed by atoms with Crippen molar-refractivity contribution >= 4 is 64.1 Å². The predicted octanol–water partition coefficient (Wildman–Crippen LogP) is 4.09. The molecule has 0 radical (unpaired) electrons. The molecule has 0 saturated carbocycles. The number of hydrogen-bond donors (Lipinski definition) is 1. The normalized spacial score (nSPS) is 11.6. The average Bonchev–Trinajstić information content (AvgIpc) is 2.30. The maximum atomic E-state index is 5.80. The Balaban J connectivity index is 2.30. The molecule has 0 aliphatic carbocycles. The van der Waals surface area contributed by atoms with Crippen molar-refractivity contribution in [2.45, 2.75) is 13.8 Å². The van der Waals surface area contributed by atoms with E-state index >= 15 is 0 Å². The van der Waals surface area contributed by atoms with E-state index in [1.165, 1.54) is 11.8 Å². The lowest BCUT2D eigenvalue weighted by Crippen LogP contribution is -2.11. The number of alkyl halides is 3. The van der Waals surface area contributed by atoms with Crippen molar-refractivity contribution in [3.8, 4) is 0 Å². The molecule has 19 heavy (non-hydrogen) atoms. The van der Waals surface area contributed by atoms with E-state index < -0.39 is 3.79 Å². The van der Waals surface area contributed by atoms with Gasteiger partial charge in [-0.3, -0.25) is 0 Å². The van der Waals surface area contributed by atoms with Gasteiger partial charge in [0.1, 0.15) is 0 Å². The summed E-state index contributed by atoms with van der Waals surface area (Å²) in [6.07, 6.45) is 0. The topological polar surface area (TPSA) is 64.7 Å². The highest BCUT2D eigenvalue weighted by molar-refractivity contribution is 7.99. The number of hydrogen-bond acceptors (Lipinski definition) is 5. The molecule has 9 heteroatoms. The largest absolute Gasteiger partial charge is 0.368 e. The van der Waals surface area contributed by atoms with E-state index in [9.17, 15) is 0 Å². The first kappa shape index (κ1) is 14.9. The molecule has 1 aromatic carbocycles. The van der Waals surface area contributed by atoms with Gasteiger partial charge in [0, 0.05) is 9.92 Å². The quantitative estimate of drug-likeness (QED) is 0.822. The molecule has 0 fully saturated rings. The first-order chi connectivity index (χ1) is 8.84. The molecule has 0 aliphatic rings. The highest BCUT2D eigenvalue weighted by Gasteiger charge is 2.28. The minimum atomic E-state index is -1.74. The van der Waals surface area contributed by atoms with Gasteiger partial charge in [-0.15, -0.1) is 0 Å². The zero-order valence-corrected chi connectivity index (χ0v) is 13.0. The van der Waals surface area contributed by atoms with Crippen LogP contribution in [0.15, 0.2) is 34.3 Å². The van der Waals surface area contributed by atoms with Gasteiger partial charge in [0.05, 0.1) is 0 Å². The van der Waals surface area contributed by atoms with E-state index in [1.807, 2.05) is 12.1 Å². The second-order valence-corrected chi connectivity index (χ2v) is 7.11. The number of nitrogen functional groups attached to an aromatic ring is 1. The van der Waals surface area contributed by atoms with E-state index in [1.54, 1.807) is 12.1 Å². The summed E-state index contributed by atoms with van der Waals surface area (Å²) in [6, 6.07) is 7.15. The maximum absolute atomic E-state index is 5.80. The molecule has 1 heterocycles. The predicted molar refractivity (Wildman–Crippen MR) is 79.1 cm³/mol. The van der Waals surface area contributed by atoms with Crippen LogP contribution in [0.5, 0.6) is 0 Å². The summed E-state index contributed by atoms with van der Waals surface area (Å²) in [6.45, 7) is 0. The number of halogens is 4. The summed E-state index contributed by atoms with van der Waals surface area (Å²) in [5.41, 5.74) is 5.56. The van der Waals surface area contributed by atoms with Crippen LogP contribution < -0.4 is 5.73 Å².